The van der Waals surface area contributed by atoms with Crippen LogP contribution in [0.1, 0.15) is 6.92 Å². The third-order valence-electron chi connectivity index (χ3n) is 0.444. The highest BCUT2D eigenvalue weighted by molar-refractivity contribution is 6.95. The van der Waals surface area contributed by atoms with Crippen molar-refractivity contribution in [2.45, 2.75) is 6.92 Å². The van der Waals surface area contributed by atoms with Crippen molar-refractivity contribution in [3.8, 4) is 0 Å². The highest BCUT2D eigenvalue weighted by Gasteiger charge is 1.96. The predicted molar refractivity (Wildman–Crippen MR) is 36.2 cm³/mol. The van der Waals surface area contributed by atoms with Crippen molar-refractivity contribution in [1.29, 1.82) is 0 Å². The zero-order valence-corrected chi connectivity index (χ0v) is 6.24. The molecular formula is C4H5Cl2NO2. The molecule has 1 amide bonds. The molecule has 0 N–H and O–H groups in total. The van der Waals surface area contributed by atoms with Crippen molar-refractivity contribution in [2.24, 2.45) is 4.99 Å². The Labute approximate surface area is 62.6 Å². The van der Waals surface area contributed by atoms with Gasteiger partial charge in [-0.1, -0.05) is 0 Å². The lowest BCUT2D eigenvalue weighted by Crippen LogP contribution is -1.97. The third-order valence-corrected chi connectivity index (χ3v) is 0.613. The Morgan fingerprint density at radius 1 is 1.67 bits per heavy atom. The first-order valence-electron chi connectivity index (χ1n) is 2.23. The normalized spacial score (nSPS) is 8.33. The van der Waals surface area contributed by atoms with Crippen LogP contribution < -0.4 is 0 Å². The van der Waals surface area contributed by atoms with Crippen LogP contribution in [-0.2, 0) is 4.74 Å². The number of rotatable bonds is 1. The first-order chi connectivity index (χ1) is 4.16. The minimum absolute atomic E-state index is 0.267. The number of ether oxygens (including phenoxy) is 1. The van der Waals surface area contributed by atoms with Gasteiger partial charge in [0.1, 0.15) is 0 Å². The molecule has 52 valence electrons. The van der Waals surface area contributed by atoms with Crippen LogP contribution in [0, 0.1) is 0 Å². The van der Waals surface area contributed by atoms with Crippen LogP contribution in [0.3, 0.4) is 0 Å². The standard InChI is InChI=1S/C4H5Cl2NO2/c1-2-9-4(8)7-3(5)6/h2H2,1H3. The second-order valence-corrected chi connectivity index (χ2v) is 1.96. The van der Waals surface area contributed by atoms with E-state index in [1.165, 1.54) is 0 Å². The van der Waals surface area contributed by atoms with Crippen LogP contribution in [0.4, 0.5) is 4.79 Å². The van der Waals surface area contributed by atoms with Gasteiger partial charge in [-0.3, -0.25) is 0 Å². The average Bonchev–Trinajstić information content (AvgIpc) is 1.63. The van der Waals surface area contributed by atoms with Crippen LogP contribution in [0.5, 0.6) is 0 Å². The Kier molecular flexibility index (Phi) is 4.44. The molecule has 0 aliphatic rings. The van der Waals surface area contributed by atoms with E-state index in [9.17, 15) is 4.79 Å². The fraction of sp³-hybridized carbons (Fsp3) is 0.500. The van der Waals surface area contributed by atoms with E-state index in [4.69, 9.17) is 23.2 Å². The number of carbonyl (C=O) groups excluding carboxylic acids is 1. The monoisotopic (exact) mass is 169 g/mol. The second-order valence-electron chi connectivity index (χ2n) is 1.05. The predicted octanol–water partition coefficient (Wildman–Crippen LogP) is 1.98. The largest absolute Gasteiger partial charge is 0.448 e. The molecule has 0 unspecified atom stereocenters. The zero-order valence-electron chi connectivity index (χ0n) is 4.73. The SMILES string of the molecule is CCOC(=O)N=C(Cl)Cl. The van der Waals surface area contributed by atoms with Gasteiger partial charge in [0.15, 0.2) is 0 Å². The third kappa shape index (κ3) is 5.59. The highest BCUT2D eigenvalue weighted by atomic mass is 35.5. The van der Waals surface area contributed by atoms with Gasteiger partial charge in [0, 0.05) is 0 Å². The molecule has 3 nitrogen and oxygen atoms in total. The maximum absolute atomic E-state index is 10.3. The number of hydrogen-bond donors (Lipinski definition) is 0. The van der Waals surface area contributed by atoms with Crippen LogP contribution in [0.25, 0.3) is 0 Å². The number of aliphatic imine (C=N–C) groups is 1. The fourth-order valence-corrected chi connectivity index (χ4v) is 0.363. The molecule has 0 saturated carbocycles. The number of halogens is 2. The Bertz CT molecular complexity index is 131. The Balaban J connectivity index is 3.63. The molecule has 0 aromatic heterocycles. The van der Waals surface area contributed by atoms with Crippen molar-refractivity contribution in [2.75, 3.05) is 6.61 Å². The lowest BCUT2D eigenvalue weighted by Gasteiger charge is -1.91. The van der Waals surface area contributed by atoms with Gasteiger partial charge in [0.25, 0.3) is 0 Å². The van der Waals surface area contributed by atoms with E-state index in [1.807, 2.05) is 0 Å². The molecule has 0 rings (SSSR count). The summed E-state index contributed by atoms with van der Waals surface area (Å²) in [5.41, 5.74) is 0. The maximum atomic E-state index is 10.3. The number of carbonyl (C=O) groups is 1. The Morgan fingerprint density at radius 2 is 2.22 bits per heavy atom. The molecule has 0 spiro atoms. The van der Waals surface area contributed by atoms with Gasteiger partial charge >= 0.3 is 6.09 Å². The van der Waals surface area contributed by atoms with Crippen molar-refractivity contribution < 1.29 is 9.53 Å². The molecule has 0 aromatic carbocycles. The summed E-state index contributed by atoms with van der Waals surface area (Å²) in [6.07, 6.45) is -0.766. The smallest absolute Gasteiger partial charge is 0.435 e. The molecule has 0 heterocycles. The molecule has 0 atom stereocenters. The lowest BCUT2D eigenvalue weighted by molar-refractivity contribution is 0.164. The quantitative estimate of drug-likeness (QED) is 0.564. The van der Waals surface area contributed by atoms with E-state index in [0.29, 0.717) is 0 Å². The summed E-state index contributed by atoms with van der Waals surface area (Å²) in [6.45, 7) is 1.93. The summed E-state index contributed by atoms with van der Waals surface area (Å²) >= 11 is 10.0. The molecule has 0 aliphatic heterocycles. The highest BCUT2D eigenvalue weighted by Crippen LogP contribution is 1.93. The van der Waals surface area contributed by atoms with E-state index in [2.05, 4.69) is 9.73 Å². The Morgan fingerprint density at radius 3 is 2.56 bits per heavy atom. The molecule has 5 heteroatoms. The van der Waals surface area contributed by atoms with Crippen molar-refractivity contribution in [1.82, 2.24) is 0 Å². The molecule has 0 bridgehead atoms. The van der Waals surface area contributed by atoms with Crippen molar-refractivity contribution >= 4 is 33.9 Å². The molecule has 0 aliphatic carbocycles. The van der Waals surface area contributed by atoms with Crippen LogP contribution in [0.2, 0.25) is 0 Å². The summed E-state index contributed by atoms with van der Waals surface area (Å²) in [5.74, 6) is 0. The van der Waals surface area contributed by atoms with Crippen LogP contribution in [-0.4, -0.2) is 17.3 Å². The topological polar surface area (TPSA) is 38.7 Å². The molecule has 0 radical (unpaired) electrons. The lowest BCUT2D eigenvalue weighted by atomic mass is 10.9. The van der Waals surface area contributed by atoms with Gasteiger partial charge < -0.3 is 4.74 Å². The van der Waals surface area contributed by atoms with E-state index in [1.54, 1.807) is 6.92 Å². The van der Waals surface area contributed by atoms with Gasteiger partial charge in [0.05, 0.1) is 6.61 Å². The number of amides is 1. The molecule has 0 fully saturated rings. The summed E-state index contributed by atoms with van der Waals surface area (Å²) in [5, 5.41) is 0. The van der Waals surface area contributed by atoms with Crippen molar-refractivity contribution in [3.05, 3.63) is 0 Å². The molecular weight excluding hydrogens is 165 g/mol. The van der Waals surface area contributed by atoms with E-state index in [0.717, 1.165) is 0 Å². The van der Waals surface area contributed by atoms with Crippen LogP contribution >= 0.6 is 23.2 Å². The van der Waals surface area contributed by atoms with Gasteiger partial charge in [-0.15, -0.1) is 0 Å². The fourth-order valence-electron chi connectivity index (χ4n) is 0.225. The minimum atomic E-state index is -0.766. The zero-order chi connectivity index (χ0) is 7.28. The molecule has 0 saturated heterocycles. The Hall–Kier alpha value is -0.280. The van der Waals surface area contributed by atoms with Crippen LogP contribution in [0.15, 0.2) is 4.99 Å². The second kappa shape index (κ2) is 4.58. The van der Waals surface area contributed by atoms with E-state index < -0.39 is 6.09 Å². The number of hydrogen-bond acceptors (Lipinski definition) is 2. The first-order valence-corrected chi connectivity index (χ1v) is 2.99. The van der Waals surface area contributed by atoms with E-state index >= 15 is 0 Å². The summed E-state index contributed by atoms with van der Waals surface area (Å²) in [6, 6.07) is 0. The summed E-state index contributed by atoms with van der Waals surface area (Å²) < 4.78 is 4.02. The van der Waals surface area contributed by atoms with Gasteiger partial charge in [-0.2, -0.15) is 4.99 Å². The minimum Gasteiger partial charge on any atom is -0.448 e. The first kappa shape index (κ1) is 8.72. The average molecular weight is 170 g/mol. The van der Waals surface area contributed by atoms with Gasteiger partial charge in [-0.05, 0) is 30.1 Å². The van der Waals surface area contributed by atoms with E-state index in [-0.39, 0.29) is 11.2 Å². The van der Waals surface area contributed by atoms with Gasteiger partial charge in [-0.25, -0.2) is 4.79 Å². The molecule has 9 heavy (non-hydrogen) atoms. The van der Waals surface area contributed by atoms with Gasteiger partial charge in [0.2, 0.25) is 4.63 Å². The molecule has 0 aromatic rings. The van der Waals surface area contributed by atoms with Crippen molar-refractivity contribution in [3.63, 3.8) is 0 Å². The summed E-state index contributed by atoms with van der Waals surface area (Å²) in [7, 11) is 0. The summed E-state index contributed by atoms with van der Waals surface area (Å²) in [4.78, 5) is 13.3. The number of nitrogens with zero attached hydrogens (tertiary/aromatic N) is 1. The maximum Gasteiger partial charge on any atom is 0.435 e.